The van der Waals surface area contributed by atoms with Gasteiger partial charge in [0.15, 0.2) is 37.0 Å². The Hall–Kier alpha value is -3.78. The molecule has 8 nitrogen and oxygen atoms in total. The van der Waals surface area contributed by atoms with E-state index in [9.17, 15) is 55.7 Å². The largest absolute Gasteiger partial charge is 0.455 e. The van der Waals surface area contributed by atoms with E-state index in [1.807, 2.05) is 0 Å². The smallest absolute Gasteiger partial charge is 0.416 e. The summed E-state index contributed by atoms with van der Waals surface area (Å²) in [5.41, 5.74) is -2.56. The first-order chi connectivity index (χ1) is 16.6. The summed E-state index contributed by atoms with van der Waals surface area (Å²) < 4.78 is 84.1. The van der Waals surface area contributed by atoms with Crippen molar-refractivity contribution in [2.45, 2.75) is 24.6 Å². The Labute approximate surface area is 198 Å². The molecule has 0 radical (unpaired) electrons. The maximum absolute atomic E-state index is 12.5. The summed E-state index contributed by atoms with van der Waals surface area (Å²) >= 11 is 0. The highest BCUT2D eigenvalue weighted by Crippen LogP contribution is 2.30. The van der Waals surface area contributed by atoms with Crippen molar-refractivity contribution in [3.63, 3.8) is 0 Å². The van der Waals surface area contributed by atoms with Crippen molar-refractivity contribution in [3.05, 3.63) is 70.8 Å². The molecule has 0 bridgehead atoms. The fourth-order valence-electron chi connectivity index (χ4n) is 2.56. The number of hydrogen-bond donors (Lipinski definition) is 2. The van der Waals surface area contributed by atoms with Crippen molar-refractivity contribution in [1.82, 2.24) is 0 Å². The quantitative estimate of drug-likeness (QED) is 0.292. The summed E-state index contributed by atoms with van der Waals surface area (Å²) in [4.78, 5) is 47.4. The molecule has 0 aliphatic rings. The van der Waals surface area contributed by atoms with Gasteiger partial charge in [0.1, 0.15) is 0 Å². The van der Waals surface area contributed by atoms with Gasteiger partial charge in [-0.2, -0.15) is 26.3 Å². The fraction of sp³-hybridized carbons (Fsp3) is 0.273. The Morgan fingerprint density at radius 1 is 0.611 bits per heavy atom. The number of ether oxygens (including phenoxy) is 2. The lowest BCUT2D eigenvalue weighted by atomic mass is 10.1. The van der Waals surface area contributed by atoms with Crippen LogP contribution in [0.5, 0.6) is 0 Å². The zero-order valence-electron chi connectivity index (χ0n) is 17.8. The Kier molecular flexibility index (Phi) is 8.94. The third-order valence-electron chi connectivity index (χ3n) is 4.54. The van der Waals surface area contributed by atoms with E-state index in [2.05, 4.69) is 9.47 Å². The summed E-state index contributed by atoms with van der Waals surface area (Å²) in [5.74, 6) is -5.23. The van der Waals surface area contributed by atoms with Gasteiger partial charge in [-0.05, 0) is 24.3 Å². The molecule has 0 saturated heterocycles. The van der Waals surface area contributed by atoms with Crippen LogP contribution < -0.4 is 0 Å². The average Bonchev–Trinajstić information content (AvgIpc) is 2.83. The lowest BCUT2D eigenvalue weighted by Gasteiger charge is -2.15. The molecule has 2 rings (SSSR count). The molecule has 0 aliphatic carbocycles. The van der Waals surface area contributed by atoms with Crippen LogP contribution >= 0.6 is 0 Å². The van der Waals surface area contributed by atoms with Gasteiger partial charge in [-0.3, -0.25) is 9.59 Å². The van der Waals surface area contributed by atoms with Gasteiger partial charge in [0, 0.05) is 11.1 Å². The summed E-state index contributed by atoms with van der Waals surface area (Å²) in [6.07, 6.45) is -14.4. The number of hydrogen-bond acceptors (Lipinski definition) is 8. The zero-order valence-corrected chi connectivity index (χ0v) is 17.8. The van der Waals surface area contributed by atoms with Crippen LogP contribution in [0.4, 0.5) is 26.3 Å². The second-order valence-corrected chi connectivity index (χ2v) is 7.10. The molecule has 0 aromatic heterocycles. The van der Waals surface area contributed by atoms with Crippen LogP contribution in [0.3, 0.4) is 0 Å². The van der Waals surface area contributed by atoms with E-state index in [1.54, 1.807) is 0 Å². The van der Waals surface area contributed by atoms with Gasteiger partial charge in [0.2, 0.25) is 0 Å². The van der Waals surface area contributed by atoms with E-state index in [1.165, 1.54) is 0 Å². The van der Waals surface area contributed by atoms with Crippen LogP contribution in [0.15, 0.2) is 48.5 Å². The molecular weight excluding hydrogens is 506 g/mol. The van der Waals surface area contributed by atoms with Gasteiger partial charge in [-0.25, -0.2) is 9.59 Å². The molecule has 2 aromatic carbocycles. The van der Waals surface area contributed by atoms with E-state index >= 15 is 0 Å². The predicted molar refractivity (Wildman–Crippen MR) is 105 cm³/mol. The van der Waals surface area contributed by atoms with Gasteiger partial charge in [0.25, 0.3) is 0 Å². The molecule has 2 aromatic rings. The number of alkyl halides is 6. The number of carbonyl (C=O) groups excluding carboxylic acids is 4. The number of halogens is 6. The highest BCUT2D eigenvalue weighted by Gasteiger charge is 2.34. The summed E-state index contributed by atoms with van der Waals surface area (Å²) in [7, 11) is 0. The van der Waals surface area contributed by atoms with Gasteiger partial charge in [-0.1, -0.05) is 24.3 Å². The number of ketones is 2. The van der Waals surface area contributed by atoms with Gasteiger partial charge in [-0.15, -0.1) is 0 Å². The molecule has 36 heavy (non-hydrogen) atoms. The van der Waals surface area contributed by atoms with Crippen molar-refractivity contribution in [2.24, 2.45) is 0 Å². The molecule has 2 N–H and O–H groups in total. The number of aliphatic hydroxyl groups is 2. The van der Waals surface area contributed by atoms with Gasteiger partial charge in [0.05, 0.1) is 11.1 Å². The van der Waals surface area contributed by atoms with E-state index in [4.69, 9.17) is 0 Å². The predicted octanol–water partition coefficient (Wildman–Crippen LogP) is 2.60. The Morgan fingerprint density at radius 3 is 1.14 bits per heavy atom. The van der Waals surface area contributed by atoms with E-state index in [-0.39, 0.29) is 11.1 Å². The Bertz CT molecular complexity index is 1020. The third-order valence-corrected chi connectivity index (χ3v) is 4.54. The van der Waals surface area contributed by atoms with Gasteiger partial charge < -0.3 is 19.7 Å². The molecule has 14 heteroatoms. The number of carbonyl (C=O) groups is 4. The summed E-state index contributed by atoms with van der Waals surface area (Å²) in [6.45, 7) is -2.09. The molecule has 194 valence electrons. The molecule has 0 fully saturated rings. The summed E-state index contributed by atoms with van der Waals surface area (Å²) in [6, 6.07) is 5.80. The monoisotopic (exact) mass is 522 g/mol. The van der Waals surface area contributed by atoms with Crippen molar-refractivity contribution in [3.8, 4) is 0 Å². The first-order valence-electron chi connectivity index (χ1n) is 9.71. The third kappa shape index (κ3) is 7.61. The lowest BCUT2D eigenvalue weighted by molar-refractivity contribution is -0.171. The van der Waals surface area contributed by atoms with Crippen molar-refractivity contribution in [1.29, 1.82) is 0 Å². The Balaban J connectivity index is 1.85. The Morgan fingerprint density at radius 2 is 0.889 bits per heavy atom. The first-order valence-corrected chi connectivity index (χ1v) is 9.71. The van der Waals surface area contributed by atoms with Crippen molar-refractivity contribution in [2.75, 3.05) is 13.2 Å². The minimum absolute atomic E-state index is 0.257. The second kappa shape index (κ2) is 11.3. The van der Waals surface area contributed by atoms with Crippen LogP contribution in [-0.4, -0.2) is 59.1 Å². The topological polar surface area (TPSA) is 127 Å². The molecule has 2 atom stereocenters. The second-order valence-electron chi connectivity index (χ2n) is 7.10. The maximum atomic E-state index is 12.5. The van der Waals surface area contributed by atoms with Gasteiger partial charge >= 0.3 is 24.3 Å². The number of benzene rings is 2. The fourth-order valence-corrected chi connectivity index (χ4v) is 2.56. The lowest BCUT2D eigenvalue weighted by Crippen LogP contribution is -2.42. The molecule has 0 spiro atoms. The first kappa shape index (κ1) is 28.5. The van der Waals surface area contributed by atoms with Crippen molar-refractivity contribution >= 4 is 23.5 Å². The minimum Gasteiger partial charge on any atom is -0.455 e. The molecule has 0 aliphatic heterocycles. The standard InChI is InChI=1S/C22H16F6O8/c23-21(24,25)13-5-1-11(2-6-13)15(29)9-35-19(33)17(31)18(32)20(34)36-10-16(30)12-3-7-14(8-4-12)22(26,27)28/h1-8,17-18,31-32H,9-10H2/t17-,18-/m0/s1. The number of aliphatic hydroxyl groups excluding tert-OH is 2. The van der Waals surface area contributed by atoms with E-state index in [0.29, 0.717) is 24.3 Å². The zero-order chi connectivity index (χ0) is 27.3. The summed E-state index contributed by atoms with van der Waals surface area (Å²) in [5, 5.41) is 19.4. The molecule has 0 heterocycles. The number of Topliss-reactive ketones (excluding diaryl/α,β-unsaturated/α-hetero) is 2. The SMILES string of the molecule is O=C(COC(=O)[C@@H](O)[C@H](O)C(=O)OCC(=O)c1ccc(C(F)(F)F)cc1)c1ccc(C(F)(F)F)cc1. The molecule has 0 saturated carbocycles. The number of esters is 2. The average molecular weight is 522 g/mol. The maximum Gasteiger partial charge on any atom is 0.416 e. The van der Waals surface area contributed by atoms with Crippen LogP contribution in [0.1, 0.15) is 31.8 Å². The molecular formula is C22H16F6O8. The van der Waals surface area contributed by atoms with E-state index in [0.717, 1.165) is 24.3 Å². The van der Waals surface area contributed by atoms with Crippen LogP contribution in [0, 0.1) is 0 Å². The minimum atomic E-state index is -4.63. The normalized spacial score (nSPS) is 13.4. The molecule has 0 unspecified atom stereocenters. The van der Waals surface area contributed by atoms with Crippen LogP contribution in [0.2, 0.25) is 0 Å². The highest BCUT2D eigenvalue weighted by atomic mass is 19.4. The van der Waals surface area contributed by atoms with E-state index < -0.39 is 72.4 Å². The van der Waals surface area contributed by atoms with Crippen molar-refractivity contribution < 1.29 is 65.2 Å². The highest BCUT2D eigenvalue weighted by molar-refractivity contribution is 5.99. The molecule has 0 amide bonds. The van der Waals surface area contributed by atoms with Crippen LogP contribution in [0.25, 0.3) is 0 Å². The van der Waals surface area contributed by atoms with Crippen LogP contribution in [-0.2, 0) is 31.4 Å². The number of rotatable bonds is 9.